The Hall–Kier alpha value is -3.88. The molecular formula is C25H23ClF4N2O8. The number of para-hydroxylation sites is 2. The molecular weight excluding hydrogens is 568 g/mol. The molecule has 40 heavy (non-hydrogen) atoms. The summed E-state index contributed by atoms with van der Waals surface area (Å²) in [6.45, 7) is 2.32. The van der Waals surface area contributed by atoms with Crippen molar-refractivity contribution in [3.8, 4) is 22.9 Å². The number of carbonyl (C=O) groups excluding carboxylic acids is 1. The van der Waals surface area contributed by atoms with E-state index in [2.05, 4.69) is 0 Å². The lowest BCUT2D eigenvalue weighted by Crippen LogP contribution is -2.41. The fourth-order valence-electron chi connectivity index (χ4n) is 3.36. The van der Waals surface area contributed by atoms with Gasteiger partial charge in [-0.15, -0.1) is 0 Å². The maximum Gasteiger partial charge on any atom is 0.431 e. The van der Waals surface area contributed by atoms with Crippen LogP contribution < -0.4 is 20.7 Å². The minimum atomic E-state index is -5.00. The summed E-state index contributed by atoms with van der Waals surface area (Å²) in [4.78, 5) is 37.4. The Morgan fingerprint density at radius 2 is 1.73 bits per heavy atom. The summed E-state index contributed by atoms with van der Waals surface area (Å²) in [7, 11) is 1.98. The molecule has 3 rings (SSSR count). The largest absolute Gasteiger partial charge is 0.459 e. The fourth-order valence-corrected chi connectivity index (χ4v) is 3.55. The molecule has 0 saturated carbocycles. The molecule has 0 spiro atoms. The summed E-state index contributed by atoms with van der Waals surface area (Å²) in [5, 5.41) is -0.313. The molecule has 0 radical (unpaired) electrons. The van der Waals surface area contributed by atoms with Gasteiger partial charge in [-0.3, -0.25) is 9.36 Å². The van der Waals surface area contributed by atoms with E-state index in [1.165, 1.54) is 25.3 Å². The van der Waals surface area contributed by atoms with Crippen molar-refractivity contribution in [3.05, 3.63) is 79.8 Å². The van der Waals surface area contributed by atoms with Crippen LogP contribution in [0.25, 0.3) is 5.69 Å². The van der Waals surface area contributed by atoms with Gasteiger partial charge in [0.25, 0.3) is 11.8 Å². The molecule has 15 heteroatoms. The van der Waals surface area contributed by atoms with E-state index in [0.29, 0.717) is 12.7 Å². The first-order valence-corrected chi connectivity index (χ1v) is 11.9. The summed E-state index contributed by atoms with van der Waals surface area (Å²) in [6.07, 6.45) is -6.52. The Balaban J connectivity index is 1.96. The summed E-state index contributed by atoms with van der Waals surface area (Å²) in [5.41, 5.74) is -5.12. The van der Waals surface area contributed by atoms with Crippen LogP contribution in [0.2, 0.25) is 5.02 Å². The fraction of sp³-hybridized carbons (Fsp3) is 0.320. The van der Waals surface area contributed by atoms with Gasteiger partial charge in [-0.1, -0.05) is 23.7 Å². The third-order valence-corrected chi connectivity index (χ3v) is 5.53. The van der Waals surface area contributed by atoms with Crippen molar-refractivity contribution in [2.45, 2.75) is 19.4 Å². The second-order valence-electron chi connectivity index (χ2n) is 7.88. The van der Waals surface area contributed by atoms with E-state index >= 15 is 0 Å². The lowest BCUT2D eigenvalue weighted by molar-refractivity contribution is -0.174. The number of hydrogen-bond donors (Lipinski definition) is 0. The Bertz CT molecular complexity index is 1490. The minimum absolute atomic E-state index is 0.0411. The molecule has 2 aromatic carbocycles. The van der Waals surface area contributed by atoms with Crippen LogP contribution in [-0.4, -0.2) is 48.3 Å². The van der Waals surface area contributed by atoms with Crippen LogP contribution in [0.5, 0.6) is 17.2 Å². The van der Waals surface area contributed by atoms with E-state index < -0.39 is 46.9 Å². The third kappa shape index (κ3) is 7.00. The third-order valence-electron chi connectivity index (χ3n) is 5.24. The first-order valence-electron chi connectivity index (χ1n) is 11.5. The predicted molar refractivity (Wildman–Crippen MR) is 133 cm³/mol. The van der Waals surface area contributed by atoms with Crippen LogP contribution in [-0.2, 0) is 32.2 Å². The van der Waals surface area contributed by atoms with Crippen molar-refractivity contribution >= 4 is 17.6 Å². The van der Waals surface area contributed by atoms with Gasteiger partial charge in [0.1, 0.15) is 23.9 Å². The van der Waals surface area contributed by atoms with Gasteiger partial charge in [0, 0.05) is 32.9 Å². The Labute approximate surface area is 229 Å². The average Bonchev–Trinajstić information content (AvgIpc) is 2.89. The molecule has 0 aliphatic carbocycles. The number of hydrogen-bond acceptors (Lipinski definition) is 8. The van der Waals surface area contributed by atoms with Crippen molar-refractivity contribution in [1.29, 1.82) is 0 Å². The van der Waals surface area contributed by atoms with Gasteiger partial charge in [0.2, 0.25) is 0 Å². The van der Waals surface area contributed by atoms with Gasteiger partial charge in [-0.25, -0.2) is 18.5 Å². The molecule has 1 atom stereocenters. The Morgan fingerprint density at radius 3 is 2.35 bits per heavy atom. The van der Waals surface area contributed by atoms with E-state index in [0.717, 1.165) is 13.1 Å². The number of aromatic nitrogens is 2. The van der Waals surface area contributed by atoms with Crippen molar-refractivity contribution < 1.29 is 46.0 Å². The Morgan fingerprint density at radius 1 is 1.05 bits per heavy atom. The number of nitrogens with zero attached hydrogens (tertiary/aromatic N) is 2. The molecule has 1 heterocycles. The molecule has 1 aromatic heterocycles. The number of halogens is 5. The number of benzene rings is 2. The molecule has 10 nitrogen and oxygen atoms in total. The highest BCUT2D eigenvalue weighted by atomic mass is 35.5. The van der Waals surface area contributed by atoms with E-state index in [9.17, 15) is 31.9 Å². The number of alkyl halides is 3. The van der Waals surface area contributed by atoms with Gasteiger partial charge in [0.05, 0.1) is 17.3 Å². The monoisotopic (exact) mass is 590 g/mol. The molecule has 0 saturated heterocycles. The predicted octanol–water partition coefficient (Wildman–Crippen LogP) is 4.07. The molecule has 0 aliphatic heterocycles. The lowest BCUT2D eigenvalue weighted by atomic mass is 10.2. The second-order valence-corrected chi connectivity index (χ2v) is 8.28. The zero-order valence-corrected chi connectivity index (χ0v) is 22.0. The molecule has 0 N–H and O–H groups in total. The normalized spacial score (nSPS) is 12.2. The summed E-state index contributed by atoms with van der Waals surface area (Å²) >= 11 is 6.12. The molecule has 0 fully saturated rings. The lowest BCUT2D eigenvalue weighted by Gasteiger charge is -2.19. The van der Waals surface area contributed by atoms with E-state index in [-0.39, 0.29) is 50.7 Å². The van der Waals surface area contributed by atoms with Crippen LogP contribution in [0.15, 0.2) is 52.1 Å². The van der Waals surface area contributed by atoms with Crippen molar-refractivity contribution in [2.75, 3.05) is 26.9 Å². The van der Waals surface area contributed by atoms with Crippen LogP contribution in [0.4, 0.5) is 17.6 Å². The van der Waals surface area contributed by atoms with E-state index in [1.54, 1.807) is 13.0 Å². The highest BCUT2D eigenvalue weighted by Crippen LogP contribution is 2.37. The first-order chi connectivity index (χ1) is 18.9. The average molecular weight is 591 g/mol. The molecule has 0 amide bonds. The van der Waals surface area contributed by atoms with Crippen LogP contribution in [0, 0.1) is 5.82 Å². The molecule has 0 aliphatic rings. The quantitative estimate of drug-likeness (QED) is 0.142. The summed E-state index contributed by atoms with van der Waals surface area (Å²) in [5.74, 6) is -2.44. The van der Waals surface area contributed by atoms with Crippen LogP contribution in [0.1, 0.15) is 12.6 Å². The second kappa shape index (κ2) is 13.0. The van der Waals surface area contributed by atoms with E-state index in [4.69, 9.17) is 35.3 Å². The van der Waals surface area contributed by atoms with Crippen molar-refractivity contribution in [3.63, 3.8) is 0 Å². The maximum absolute atomic E-state index is 14.8. The SMILES string of the molecule is CCOCCOC(=O)C(OC)Oc1ccccc1Oc1cc(-n2c(=O)cc(C(F)(F)F)n(C)c2=O)c(F)cc1Cl. The highest BCUT2D eigenvalue weighted by molar-refractivity contribution is 6.32. The molecule has 216 valence electrons. The van der Waals surface area contributed by atoms with Gasteiger partial charge >= 0.3 is 17.8 Å². The van der Waals surface area contributed by atoms with Crippen LogP contribution >= 0.6 is 11.6 Å². The smallest absolute Gasteiger partial charge is 0.431 e. The number of ether oxygens (including phenoxy) is 5. The zero-order chi connectivity index (χ0) is 29.6. The van der Waals surface area contributed by atoms with Crippen LogP contribution in [0.3, 0.4) is 0 Å². The molecule has 3 aromatic rings. The van der Waals surface area contributed by atoms with Crippen molar-refractivity contribution in [2.24, 2.45) is 7.05 Å². The van der Waals surface area contributed by atoms with Gasteiger partial charge in [-0.2, -0.15) is 13.2 Å². The van der Waals surface area contributed by atoms with Gasteiger partial charge < -0.3 is 23.7 Å². The number of methoxy groups -OCH3 is 1. The molecule has 1 unspecified atom stereocenters. The van der Waals surface area contributed by atoms with E-state index in [1.807, 2.05) is 0 Å². The number of rotatable bonds is 11. The van der Waals surface area contributed by atoms with Crippen molar-refractivity contribution in [1.82, 2.24) is 9.13 Å². The minimum Gasteiger partial charge on any atom is -0.459 e. The number of esters is 1. The zero-order valence-electron chi connectivity index (χ0n) is 21.3. The standard InChI is InChI=1S/C25H23ClF4N2O8/c1-4-37-9-10-38-22(34)23(36-3)40-18-8-6-5-7-17(18)39-19-12-16(15(27)11-14(19)26)32-21(33)13-20(25(28,29)30)31(2)24(32)35/h5-8,11-13,23H,4,9-10H2,1-3H3. The Kier molecular flexibility index (Phi) is 9.95. The topological polar surface area (TPSA) is 107 Å². The summed E-state index contributed by atoms with van der Waals surface area (Å²) in [6, 6.07) is 7.61. The number of carbonyl (C=O) groups is 1. The first kappa shape index (κ1) is 30.7. The van der Waals surface area contributed by atoms with Gasteiger partial charge in [-0.05, 0) is 25.1 Å². The maximum atomic E-state index is 14.8. The molecule has 0 bridgehead atoms. The van der Waals surface area contributed by atoms with Gasteiger partial charge in [0.15, 0.2) is 11.5 Å². The summed E-state index contributed by atoms with van der Waals surface area (Å²) < 4.78 is 81.3. The highest BCUT2D eigenvalue weighted by Gasteiger charge is 2.35.